The molecule has 1 saturated carbocycles. The van der Waals surface area contributed by atoms with Crippen LogP contribution in [0.2, 0.25) is 0 Å². The Morgan fingerprint density at radius 2 is 1.95 bits per heavy atom. The molecule has 1 aliphatic carbocycles. The second kappa shape index (κ2) is 7.19. The summed E-state index contributed by atoms with van der Waals surface area (Å²) in [6.07, 6.45) is 11.9. The van der Waals surface area contributed by atoms with E-state index in [4.69, 9.17) is 0 Å². The highest BCUT2D eigenvalue weighted by atomic mass is 15.2. The number of likely N-dealkylation sites (N-methyl/N-ethyl adjacent to an activating group) is 2. The van der Waals surface area contributed by atoms with Crippen molar-refractivity contribution >= 4 is 0 Å². The Balaban J connectivity index is 2.36. The van der Waals surface area contributed by atoms with Crippen molar-refractivity contribution in [3.8, 4) is 0 Å². The van der Waals surface area contributed by atoms with E-state index in [0.717, 1.165) is 6.54 Å². The van der Waals surface area contributed by atoms with Gasteiger partial charge in [-0.2, -0.15) is 0 Å². The quantitative estimate of drug-likeness (QED) is 0.835. The predicted octanol–water partition coefficient (Wildman–Crippen LogP) is 3.39. The summed E-state index contributed by atoms with van der Waals surface area (Å²) in [6, 6.07) is 4.64. The third kappa shape index (κ3) is 3.21. The van der Waals surface area contributed by atoms with Crippen molar-refractivity contribution in [3.63, 3.8) is 0 Å². The topological polar surface area (TPSA) is 28.2 Å². The molecular weight excluding hydrogens is 246 g/mol. The minimum atomic E-state index is 0.218. The highest BCUT2D eigenvalue weighted by molar-refractivity contribution is 5.20. The minimum Gasteiger partial charge on any atom is -0.309 e. The molecule has 0 aromatic carbocycles. The molecule has 0 radical (unpaired) electrons. The lowest BCUT2D eigenvalue weighted by Crippen LogP contribution is -2.53. The minimum absolute atomic E-state index is 0.218. The van der Waals surface area contributed by atoms with Crippen LogP contribution in [-0.2, 0) is 0 Å². The fraction of sp³-hybridized carbons (Fsp3) is 0.706. The molecule has 1 aromatic heterocycles. The molecule has 1 fully saturated rings. The Morgan fingerprint density at radius 3 is 2.45 bits per heavy atom. The number of pyridine rings is 1. The van der Waals surface area contributed by atoms with Gasteiger partial charge in [-0.3, -0.25) is 4.98 Å². The average molecular weight is 275 g/mol. The number of rotatable bonds is 5. The zero-order valence-corrected chi connectivity index (χ0v) is 13.2. The second-order valence-electron chi connectivity index (χ2n) is 6.19. The summed E-state index contributed by atoms with van der Waals surface area (Å²) >= 11 is 0. The molecule has 0 aliphatic heterocycles. The van der Waals surface area contributed by atoms with E-state index in [0.29, 0.717) is 6.04 Å². The van der Waals surface area contributed by atoms with E-state index in [1.165, 1.54) is 44.1 Å². The van der Waals surface area contributed by atoms with Crippen LogP contribution in [0.1, 0.15) is 57.1 Å². The van der Waals surface area contributed by atoms with Gasteiger partial charge in [0.1, 0.15) is 0 Å². The maximum absolute atomic E-state index is 4.34. The highest BCUT2D eigenvalue weighted by Gasteiger charge is 2.41. The fourth-order valence-electron chi connectivity index (χ4n) is 3.70. The largest absolute Gasteiger partial charge is 0.309 e. The number of hydrogen-bond donors (Lipinski definition) is 1. The zero-order chi connectivity index (χ0) is 14.4. The van der Waals surface area contributed by atoms with Crippen LogP contribution in [0, 0.1) is 0 Å². The van der Waals surface area contributed by atoms with Crippen molar-refractivity contribution in [2.24, 2.45) is 0 Å². The van der Waals surface area contributed by atoms with Crippen LogP contribution in [0.15, 0.2) is 24.5 Å². The van der Waals surface area contributed by atoms with Gasteiger partial charge >= 0.3 is 0 Å². The molecule has 1 heterocycles. The molecule has 1 atom stereocenters. The molecule has 0 amide bonds. The first-order valence-electron chi connectivity index (χ1n) is 8.01. The van der Waals surface area contributed by atoms with Crippen LogP contribution >= 0.6 is 0 Å². The Labute approximate surface area is 123 Å². The molecule has 0 bridgehead atoms. The molecular formula is C17H29N3. The fourth-order valence-corrected chi connectivity index (χ4v) is 3.70. The lowest BCUT2D eigenvalue weighted by Gasteiger charge is -2.46. The van der Waals surface area contributed by atoms with E-state index in [-0.39, 0.29) is 5.54 Å². The van der Waals surface area contributed by atoms with E-state index in [1.54, 1.807) is 0 Å². The van der Waals surface area contributed by atoms with Gasteiger partial charge in [0.15, 0.2) is 0 Å². The van der Waals surface area contributed by atoms with Gasteiger partial charge in [-0.05, 0) is 45.1 Å². The van der Waals surface area contributed by atoms with Crippen LogP contribution in [0.5, 0.6) is 0 Å². The summed E-state index contributed by atoms with van der Waals surface area (Å²) < 4.78 is 0. The molecule has 1 unspecified atom stereocenters. The van der Waals surface area contributed by atoms with Crippen molar-refractivity contribution in [2.45, 2.75) is 57.0 Å². The molecule has 3 nitrogen and oxygen atoms in total. The molecule has 112 valence electrons. The van der Waals surface area contributed by atoms with Gasteiger partial charge in [-0.25, -0.2) is 0 Å². The first kappa shape index (κ1) is 15.5. The van der Waals surface area contributed by atoms with Gasteiger partial charge in [-0.15, -0.1) is 0 Å². The number of nitrogens with zero attached hydrogens (tertiary/aromatic N) is 2. The van der Waals surface area contributed by atoms with Crippen LogP contribution in [-0.4, -0.2) is 36.1 Å². The van der Waals surface area contributed by atoms with E-state index in [9.17, 15) is 0 Å². The lowest BCUT2D eigenvalue weighted by atomic mass is 9.78. The average Bonchev–Trinajstić information content (AvgIpc) is 2.72. The van der Waals surface area contributed by atoms with Gasteiger partial charge < -0.3 is 10.2 Å². The summed E-state index contributed by atoms with van der Waals surface area (Å²) in [6.45, 7) is 3.19. The van der Waals surface area contributed by atoms with Crippen LogP contribution in [0.4, 0.5) is 0 Å². The molecule has 1 aliphatic rings. The third-order valence-corrected chi connectivity index (χ3v) is 4.82. The monoisotopic (exact) mass is 275 g/mol. The van der Waals surface area contributed by atoms with Gasteiger partial charge in [0, 0.05) is 17.9 Å². The summed E-state index contributed by atoms with van der Waals surface area (Å²) in [5, 5.41) is 3.74. The summed E-state index contributed by atoms with van der Waals surface area (Å²) in [4.78, 5) is 6.80. The van der Waals surface area contributed by atoms with Crippen LogP contribution in [0.3, 0.4) is 0 Å². The molecule has 0 spiro atoms. The first-order valence-corrected chi connectivity index (χ1v) is 8.01. The van der Waals surface area contributed by atoms with Crippen molar-refractivity contribution in [3.05, 3.63) is 30.1 Å². The van der Waals surface area contributed by atoms with Gasteiger partial charge in [-0.1, -0.05) is 38.7 Å². The van der Waals surface area contributed by atoms with E-state index < -0.39 is 0 Å². The molecule has 0 saturated heterocycles. The number of hydrogen-bond acceptors (Lipinski definition) is 3. The maximum atomic E-state index is 4.34. The Morgan fingerprint density at radius 1 is 1.25 bits per heavy atom. The summed E-state index contributed by atoms with van der Waals surface area (Å²) in [7, 11) is 4.48. The van der Waals surface area contributed by atoms with Gasteiger partial charge in [0.2, 0.25) is 0 Å². The van der Waals surface area contributed by atoms with E-state index in [1.807, 2.05) is 12.4 Å². The van der Waals surface area contributed by atoms with Crippen molar-refractivity contribution in [1.29, 1.82) is 0 Å². The lowest BCUT2D eigenvalue weighted by molar-refractivity contribution is 0.0805. The normalized spacial score (nSPS) is 20.6. The molecule has 2 rings (SSSR count). The zero-order valence-electron chi connectivity index (χ0n) is 13.2. The van der Waals surface area contributed by atoms with Crippen LogP contribution in [0.25, 0.3) is 0 Å². The standard InChI is InChI=1S/C17H29N3/c1-4-19-16(15-10-9-13-18-14-15)17(20(2)3)11-7-5-6-8-12-17/h9-10,13-14,16,19H,4-8,11-12H2,1-3H3. The summed E-state index contributed by atoms with van der Waals surface area (Å²) in [5.74, 6) is 0. The third-order valence-electron chi connectivity index (χ3n) is 4.82. The SMILES string of the molecule is CCNC(c1cccnc1)C1(N(C)C)CCCCCC1. The highest BCUT2D eigenvalue weighted by Crippen LogP contribution is 2.40. The van der Waals surface area contributed by atoms with Crippen molar-refractivity contribution in [1.82, 2.24) is 15.2 Å². The van der Waals surface area contributed by atoms with E-state index in [2.05, 4.69) is 48.4 Å². The second-order valence-corrected chi connectivity index (χ2v) is 6.19. The first-order chi connectivity index (χ1) is 9.70. The Bertz CT molecular complexity index is 380. The summed E-state index contributed by atoms with van der Waals surface area (Å²) in [5.41, 5.74) is 1.54. The van der Waals surface area contributed by atoms with E-state index >= 15 is 0 Å². The molecule has 1 N–H and O–H groups in total. The van der Waals surface area contributed by atoms with Gasteiger partial charge in [0.25, 0.3) is 0 Å². The predicted molar refractivity (Wildman–Crippen MR) is 84.8 cm³/mol. The van der Waals surface area contributed by atoms with Gasteiger partial charge in [0.05, 0.1) is 6.04 Å². The maximum Gasteiger partial charge on any atom is 0.0522 e. The smallest absolute Gasteiger partial charge is 0.0522 e. The van der Waals surface area contributed by atoms with Crippen molar-refractivity contribution in [2.75, 3.05) is 20.6 Å². The Hall–Kier alpha value is -0.930. The number of aromatic nitrogens is 1. The van der Waals surface area contributed by atoms with Crippen molar-refractivity contribution < 1.29 is 0 Å². The Kier molecular flexibility index (Phi) is 5.55. The molecule has 20 heavy (non-hydrogen) atoms. The molecule has 3 heteroatoms. The van der Waals surface area contributed by atoms with Crippen LogP contribution < -0.4 is 5.32 Å². The number of nitrogens with one attached hydrogen (secondary N) is 1. The molecule has 1 aromatic rings.